The predicted octanol–water partition coefficient (Wildman–Crippen LogP) is 4.03. The molecule has 0 N–H and O–H groups in total. The molecule has 0 saturated carbocycles. The number of nitrogens with zero attached hydrogens (tertiary/aromatic N) is 2. The zero-order valence-corrected chi connectivity index (χ0v) is 19.2. The molecule has 0 aliphatic carbocycles. The Bertz CT molecular complexity index is 823. The summed E-state index contributed by atoms with van der Waals surface area (Å²) < 4.78 is 17.8. The Morgan fingerprint density at radius 2 is 2.03 bits per heavy atom. The number of aldehydes is 1. The summed E-state index contributed by atoms with van der Waals surface area (Å²) >= 11 is 1.31. The molecule has 31 heavy (non-hydrogen) atoms. The quantitative estimate of drug-likeness (QED) is 0.485. The Morgan fingerprint density at radius 1 is 1.32 bits per heavy atom. The van der Waals surface area contributed by atoms with Crippen LogP contribution in [0, 0.1) is 5.92 Å². The number of amides is 1. The van der Waals surface area contributed by atoms with E-state index in [0.29, 0.717) is 11.8 Å². The molecule has 2 aliphatic heterocycles. The summed E-state index contributed by atoms with van der Waals surface area (Å²) in [7, 11) is 0. The van der Waals surface area contributed by atoms with Crippen molar-refractivity contribution in [2.24, 2.45) is 10.9 Å². The summed E-state index contributed by atoms with van der Waals surface area (Å²) in [5.41, 5.74) is -0.0172. The molecule has 1 aromatic carbocycles. The van der Waals surface area contributed by atoms with E-state index in [1.807, 2.05) is 58.0 Å². The number of amidine groups is 1. The maximum absolute atomic E-state index is 12.8. The Labute approximate surface area is 187 Å². The van der Waals surface area contributed by atoms with Gasteiger partial charge in [0, 0.05) is 12.5 Å². The molecular formula is C23H30N2O5S. The maximum atomic E-state index is 12.8. The molecule has 3 rings (SSSR count). The molecule has 1 saturated heterocycles. The molecule has 7 nitrogen and oxygen atoms in total. The molecule has 2 heterocycles. The Kier molecular flexibility index (Phi) is 7.56. The van der Waals surface area contributed by atoms with Crippen LogP contribution in [0.4, 0.5) is 4.79 Å². The summed E-state index contributed by atoms with van der Waals surface area (Å²) in [5.74, 6) is -0.180. The average Bonchev–Trinajstić information content (AvgIpc) is 3.13. The lowest BCUT2D eigenvalue weighted by molar-refractivity contribution is -0.150. The SMILES string of the molecule is C=CCN(C(=O)OC(C)(C)C)C1=N[C@@H]2[C@@H](OCc3ccccc3)[C@H](C)[C@@H](C=O)O[C@@H]2S1. The minimum Gasteiger partial charge on any atom is -0.443 e. The first-order valence-electron chi connectivity index (χ1n) is 10.4. The van der Waals surface area contributed by atoms with E-state index < -0.39 is 23.2 Å². The molecule has 1 aromatic rings. The number of aliphatic imine (C=N–C) groups is 1. The predicted molar refractivity (Wildman–Crippen MR) is 121 cm³/mol. The van der Waals surface area contributed by atoms with Gasteiger partial charge in [-0.15, -0.1) is 6.58 Å². The van der Waals surface area contributed by atoms with Crippen LogP contribution in [0.1, 0.15) is 33.3 Å². The van der Waals surface area contributed by atoms with Gasteiger partial charge < -0.3 is 19.0 Å². The van der Waals surface area contributed by atoms with Crippen molar-refractivity contribution in [1.29, 1.82) is 0 Å². The van der Waals surface area contributed by atoms with Gasteiger partial charge in [-0.05, 0) is 26.3 Å². The molecular weight excluding hydrogens is 416 g/mol. The lowest BCUT2D eigenvalue weighted by atomic mass is 9.90. The van der Waals surface area contributed by atoms with Gasteiger partial charge in [0.15, 0.2) is 5.17 Å². The van der Waals surface area contributed by atoms with Gasteiger partial charge in [-0.1, -0.05) is 55.1 Å². The molecule has 8 heteroatoms. The van der Waals surface area contributed by atoms with Crippen LogP contribution < -0.4 is 0 Å². The second-order valence-corrected chi connectivity index (χ2v) is 9.69. The van der Waals surface area contributed by atoms with Crippen LogP contribution in [0.25, 0.3) is 0 Å². The van der Waals surface area contributed by atoms with Crippen LogP contribution in [-0.4, -0.2) is 58.3 Å². The summed E-state index contributed by atoms with van der Waals surface area (Å²) in [6.45, 7) is 11.8. The Balaban J connectivity index is 1.82. The Hall–Kier alpha value is -2.16. The van der Waals surface area contributed by atoms with Crippen molar-refractivity contribution >= 4 is 29.3 Å². The van der Waals surface area contributed by atoms with Crippen LogP contribution in [0.3, 0.4) is 0 Å². The van der Waals surface area contributed by atoms with Crippen molar-refractivity contribution in [2.75, 3.05) is 6.54 Å². The van der Waals surface area contributed by atoms with Gasteiger partial charge >= 0.3 is 6.09 Å². The van der Waals surface area contributed by atoms with E-state index in [-0.39, 0.29) is 24.6 Å². The van der Waals surface area contributed by atoms with Crippen molar-refractivity contribution in [1.82, 2.24) is 4.90 Å². The number of fused-ring (bicyclic) bond motifs is 1. The molecule has 1 amide bonds. The van der Waals surface area contributed by atoms with Crippen LogP contribution >= 0.6 is 11.8 Å². The van der Waals surface area contributed by atoms with Gasteiger partial charge in [-0.3, -0.25) is 9.89 Å². The van der Waals surface area contributed by atoms with Crippen LogP contribution in [-0.2, 0) is 25.6 Å². The lowest BCUT2D eigenvalue weighted by Crippen LogP contribution is -2.51. The number of thioether (sulfide) groups is 1. The van der Waals surface area contributed by atoms with Gasteiger partial charge in [-0.25, -0.2) is 4.79 Å². The smallest absolute Gasteiger partial charge is 0.416 e. The van der Waals surface area contributed by atoms with E-state index in [1.54, 1.807) is 6.08 Å². The molecule has 5 atom stereocenters. The standard InChI is InChI=1S/C23H30N2O5S/c1-6-12-25(22(27)30-23(3,4)5)21-24-18-19(28-14-16-10-8-7-9-11-16)15(2)17(13-26)29-20(18)31-21/h6-11,13,15,17-20H,1,12,14H2,2-5H3/t15-,17-,18-,19+,20-/m1/s1. The number of hydrogen-bond donors (Lipinski definition) is 0. The first-order chi connectivity index (χ1) is 14.7. The highest BCUT2D eigenvalue weighted by molar-refractivity contribution is 8.14. The molecule has 0 spiro atoms. The number of ether oxygens (including phenoxy) is 3. The zero-order chi connectivity index (χ0) is 22.6. The third-order valence-electron chi connectivity index (χ3n) is 5.00. The molecule has 0 unspecified atom stereocenters. The molecule has 0 bridgehead atoms. The monoisotopic (exact) mass is 446 g/mol. The molecule has 2 aliphatic rings. The van der Waals surface area contributed by atoms with E-state index in [0.717, 1.165) is 11.8 Å². The van der Waals surface area contributed by atoms with Crippen LogP contribution in [0.5, 0.6) is 0 Å². The fraction of sp³-hybridized carbons (Fsp3) is 0.522. The second-order valence-electron chi connectivity index (χ2n) is 8.63. The van der Waals surface area contributed by atoms with E-state index in [1.165, 1.54) is 16.7 Å². The molecule has 0 aromatic heterocycles. The normalized spacial score (nSPS) is 27.7. The lowest BCUT2D eigenvalue weighted by Gasteiger charge is -2.39. The van der Waals surface area contributed by atoms with Gasteiger partial charge in [0.25, 0.3) is 0 Å². The second kappa shape index (κ2) is 9.97. The van der Waals surface area contributed by atoms with Gasteiger partial charge in [-0.2, -0.15) is 0 Å². The van der Waals surface area contributed by atoms with Crippen molar-refractivity contribution in [3.05, 3.63) is 48.6 Å². The average molecular weight is 447 g/mol. The number of benzene rings is 1. The highest BCUT2D eigenvalue weighted by Gasteiger charge is 2.49. The third-order valence-corrected chi connectivity index (χ3v) is 6.16. The zero-order valence-electron chi connectivity index (χ0n) is 18.4. The van der Waals surface area contributed by atoms with E-state index >= 15 is 0 Å². The minimum atomic E-state index is -0.637. The number of hydrogen-bond acceptors (Lipinski definition) is 7. The largest absolute Gasteiger partial charge is 0.443 e. The minimum absolute atomic E-state index is 0.180. The first-order valence-corrected chi connectivity index (χ1v) is 11.2. The van der Waals surface area contributed by atoms with Gasteiger partial charge in [0.05, 0.1) is 12.7 Å². The van der Waals surface area contributed by atoms with E-state index in [9.17, 15) is 9.59 Å². The summed E-state index contributed by atoms with van der Waals surface area (Å²) in [6, 6.07) is 9.51. The fourth-order valence-corrected chi connectivity index (χ4v) is 4.69. The number of carbonyl (C=O) groups excluding carboxylic acids is 2. The number of carbonyl (C=O) groups is 2. The summed E-state index contributed by atoms with van der Waals surface area (Å²) in [5, 5.41) is 0.483. The topological polar surface area (TPSA) is 77.4 Å². The highest BCUT2D eigenvalue weighted by atomic mass is 32.2. The molecule has 0 radical (unpaired) electrons. The van der Waals surface area contributed by atoms with Crippen molar-refractivity contribution in [3.63, 3.8) is 0 Å². The number of rotatable bonds is 6. The van der Waals surface area contributed by atoms with Gasteiger partial charge in [0.2, 0.25) is 0 Å². The summed E-state index contributed by atoms with van der Waals surface area (Å²) in [4.78, 5) is 30.6. The van der Waals surface area contributed by atoms with Gasteiger partial charge in [0.1, 0.15) is 29.5 Å². The first kappa shape index (κ1) is 23.5. The van der Waals surface area contributed by atoms with Crippen LogP contribution in [0.15, 0.2) is 48.0 Å². The molecule has 168 valence electrons. The van der Waals surface area contributed by atoms with Crippen molar-refractivity contribution in [3.8, 4) is 0 Å². The summed E-state index contributed by atoms with van der Waals surface area (Å²) in [6.07, 6.45) is 1.00. The fourth-order valence-electron chi connectivity index (χ4n) is 3.49. The highest BCUT2D eigenvalue weighted by Crippen LogP contribution is 2.41. The maximum Gasteiger partial charge on any atom is 0.416 e. The van der Waals surface area contributed by atoms with Crippen LogP contribution in [0.2, 0.25) is 0 Å². The van der Waals surface area contributed by atoms with Crippen molar-refractivity contribution < 1.29 is 23.8 Å². The molecule has 1 fully saturated rings. The van der Waals surface area contributed by atoms with E-state index in [4.69, 9.17) is 19.2 Å². The Morgan fingerprint density at radius 3 is 2.65 bits per heavy atom. The van der Waals surface area contributed by atoms with Crippen molar-refractivity contribution in [2.45, 2.75) is 63.6 Å². The van der Waals surface area contributed by atoms with E-state index in [2.05, 4.69) is 6.58 Å². The third kappa shape index (κ3) is 5.75.